The zero-order valence-corrected chi connectivity index (χ0v) is 7.00. The average Bonchev–Trinajstić information content (AvgIpc) is 2.54. The maximum absolute atomic E-state index is 5.47. The highest BCUT2D eigenvalue weighted by Crippen LogP contribution is 2.13. The molecule has 0 bridgehead atoms. The molecule has 1 aliphatic heterocycles. The van der Waals surface area contributed by atoms with Gasteiger partial charge < -0.3 is 10.1 Å². The molecular formula is C7H12N4O. The van der Waals surface area contributed by atoms with Gasteiger partial charge in [0.25, 0.3) is 0 Å². The third-order valence-corrected chi connectivity index (χ3v) is 1.83. The van der Waals surface area contributed by atoms with Crippen LogP contribution in [0.15, 0.2) is 0 Å². The van der Waals surface area contributed by atoms with Gasteiger partial charge in [0.1, 0.15) is 11.9 Å². The molecule has 1 atom stereocenters. The number of aromatic nitrogens is 3. The first-order chi connectivity index (χ1) is 5.86. The number of nitrogens with zero attached hydrogens (tertiary/aromatic N) is 2. The minimum atomic E-state index is 0.0173. The summed E-state index contributed by atoms with van der Waals surface area (Å²) in [5, 5.41) is 10.1. The summed E-state index contributed by atoms with van der Waals surface area (Å²) in [4.78, 5) is 4.20. The Balaban J connectivity index is 2.08. The number of ether oxygens (including phenoxy) is 1. The quantitative estimate of drug-likeness (QED) is 0.608. The van der Waals surface area contributed by atoms with Crippen molar-refractivity contribution in [3.63, 3.8) is 0 Å². The van der Waals surface area contributed by atoms with Crippen LogP contribution < -0.4 is 5.32 Å². The molecule has 1 unspecified atom stereocenters. The fourth-order valence-corrected chi connectivity index (χ4v) is 1.24. The summed E-state index contributed by atoms with van der Waals surface area (Å²) in [6, 6.07) is 0. The number of hydrogen-bond acceptors (Lipinski definition) is 4. The van der Waals surface area contributed by atoms with E-state index >= 15 is 0 Å². The second kappa shape index (κ2) is 3.20. The molecule has 0 aromatic carbocycles. The van der Waals surface area contributed by atoms with Crippen molar-refractivity contribution in [3.8, 4) is 0 Å². The SMILES string of the molecule is Cc1nc(C2CNCCO2)n[nH]1. The van der Waals surface area contributed by atoms with E-state index in [-0.39, 0.29) is 6.10 Å². The highest BCUT2D eigenvalue weighted by atomic mass is 16.5. The van der Waals surface area contributed by atoms with Crippen LogP contribution in [0.1, 0.15) is 17.8 Å². The number of rotatable bonds is 1. The first-order valence-electron chi connectivity index (χ1n) is 4.07. The standard InChI is InChI=1S/C7H12N4O/c1-5-9-7(11-10-5)6-4-8-2-3-12-6/h6,8H,2-4H2,1H3,(H,9,10,11). The highest BCUT2D eigenvalue weighted by molar-refractivity contribution is 4.94. The molecule has 0 spiro atoms. The van der Waals surface area contributed by atoms with E-state index in [1.54, 1.807) is 0 Å². The van der Waals surface area contributed by atoms with Crippen LogP contribution in [-0.4, -0.2) is 34.9 Å². The summed E-state index contributed by atoms with van der Waals surface area (Å²) in [6.45, 7) is 4.34. The molecule has 2 heterocycles. The van der Waals surface area contributed by atoms with Gasteiger partial charge >= 0.3 is 0 Å². The molecule has 1 fully saturated rings. The molecule has 1 aromatic heterocycles. The Bertz CT molecular complexity index is 254. The summed E-state index contributed by atoms with van der Waals surface area (Å²) in [5.41, 5.74) is 0. The van der Waals surface area contributed by atoms with Gasteiger partial charge in [-0.3, -0.25) is 5.10 Å². The van der Waals surface area contributed by atoms with Crippen molar-refractivity contribution < 1.29 is 4.74 Å². The van der Waals surface area contributed by atoms with E-state index in [4.69, 9.17) is 4.74 Å². The molecule has 5 heteroatoms. The van der Waals surface area contributed by atoms with Crippen LogP contribution in [0.4, 0.5) is 0 Å². The monoisotopic (exact) mass is 168 g/mol. The van der Waals surface area contributed by atoms with E-state index in [2.05, 4.69) is 20.5 Å². The Kier molecular flexibility index (Phi) is 2.05. The summed E-state index contributed by atoms with van der Waals surface area (Å²) in [6.07, 6.45) is 0.0173. The van der Waals surface area contributed by atoms with E-state index in [1.807, 2.05) is 6.92 Å². The van der Waals surface area contributed by atoms with Crippen LogP contribution in [0.2, 0.25) is 0 Å². The van der Waals surface area contributed by atoms with Crippen molar-refractivity contribution in [3.05, 3.63) is 11.6 Å². The van der Waals surface area contributed by atoms with Gasteiger partial charge in [-0.25, -0.2) is 4.98 Å². The minimum absolute atomic E-state index is 0.0173. The van der Waals surface area contributed by atoms with Gasteiger partial charge in [-0.05, 0) is 6.92 Å². The van der Waals surface area contributed by atoms with E-state index in [1.165, 1.54) is 0 Å². The number of nitrogens with one attached hydrogen (secondary N) is 2. The molecular weight excluding hydrogens is 156 g/mol. The lowest BCUT2D eigenvalue weighted by Gasteiger charge is -2.20. The predicted molar refractivity (Wildman–Crippen MR) is 42.7 cm³/mol. The van der Waals surface area contributed by atoms with E-state index in [0.717, 1.165) is 31.3 Å². The maximum atomic E-state index is 5.47. The van der Waals surface area contributed by atoms with E-state index in [0.29, 0.717) is 0 Å². The molecule has 0 amide bonds. The van der Waals surface area contributed by atoms with Crippen molar-refractivity contribution in [1.29, 1.82) is 0 Å². The Hall–Kier alpha value is -0.940. The Morgan fingerprint density at radius 2 is 2.50 bits per heavy atom. The Morgan fingerprint density at radius 1 is 1.58 bits per heavy atom. The predicted octanol–water partition coefficient (Wildman–Crippen LogP) is -0.226. The van der Waals surface area contributed by atoms with Crippen LogP contribution in [0.3, 0.4) is 0 Å². The van der Waals surface area contributed by atoms with E-state index < -0.39 is 0 Å². The molecule has 1 aliphatic rings. The first kappa shape index (κ1) is 7.70. The van der Waals surface area contributed by atoms with Gasteiger partial charge in [-0.2, -0.15) is 5.10 Å². The lowest BCUT2D eigenvalue weighted by molar-refractivity contribution is 0.0223. The smallest absolute Gasteiger partial charge is 0.180 e. The molecule has 66 valence electrons. The van der Waals surface area contributed by atoms with Crippen molar-refractivity contribution >= 4 is 0 Å². The van der Waals surface area contributed by atoms with Crippen LogP contribution in [-0.2, 0) is 4.74 Å². The van der Waals surface area contributed by atoms with Crippen molar-refractivity contribution in [1.82, 2.24) is 20.5 Å². The topological polar surface area (TPSA) is 62.8 Å². The fraction of sp³-hybridized carbons (Fsp3) is 0.714. The first-order valence-corrected chi connectivity index (χ1v) is 4.07. The minimum Gasteiger partial charge on any atom is -0.367 e. The number of hydrogen-bond donors (Lipinski definition) is 2. The number of morpholine rings is 1. The van der Waals surface area contributed by atoms with Crippen LogP contribution in [0, 0.1) is 6.92 Å². The van der Waals surface area contributed by atoms with Crippen LogP contribution >= 0.6 is 0 Å². The lowest BCUT2D eigenvalue weighted by atomic mass is 10.3. The molecule has 12 heavy (non-hydrogen) atoms. The molecule has 0 aliphatic carbocycles. The summed E-state index contributed by atoms with van der Waals surface area (Å²) < 4.78 is 5.47. The van der Waals surface area contributed by atoms with Gasteiger partial charge in [0.2, 0.25) is 0 Å². The number of H-pyrrole nitrogens is 1. The van der Waals surface area contributed by atoms with Gasteiger partial charge in [-0.15, -0.1) is 0 Å². The molecule has 2 rings (SSSR count). The fourth-order valence-electron chi connectivity index (χ4n) is 1.24. The molecule has 0 saturated carbocycles. The second-order valence-electron chi connectivity index (χ2n) is 2.84. The molecule has 5 nitrogen and oxygen atoms in total. The zero-order valence-electron chi connectivity index (χ0n) is 7.00. The summed E-state index contributed by atoms with van der Waals surface area (Å²) >= 11 is 0. The average molecular weight is 168 g/mol. The molecule has 0 radical (unpaired) electrons. The van der Waals surface area contributed by atoms with Crippen molar-refractivity contribution in [2.24, 2.45) is 0 Å². The molecule has 1 aromatic rings. The maximum Gasteiger partial charge on any atom is 0.180 e. The van der Waals surface area contributed by atoms with Crippen LogP contribution in [0.5, 0.6) is 0 Å². The Labute approximate surface area is 70.5 Å². The summed E-state index contributed by atoms with van der Waals surface area (Å²) in [5.74, 6) is 1.58. The van der Waals surface area contributed by atoms with Gasteiger partial charge in [0, 0.05) is 13.1 Å². The van der Waals surface area contributed by atoms with Gasteiger partial charge in [0.15, 0.2) is 5.82 Å². The third kappa shape index (κ3) is 1.46. The number of aryl methyl sites for hydroxylation is 1. The largest absolute Gasteiger partial charge is 0.367 e. The van der Waals surface area contributed by atoms with E-state index in [9.17, 15) is 0 Å². The number of aromatic amines is 1. The normalized spacial score (nSPS) is 24.2. The van der Waals surface area contributed by atoms with Crippen molar-refractivity contribution in [2.75, 3.05) is 19.7 Å². The van der Waals surface area contributed by atoms with Crippen molar-refractivity contribution in [2.45, 2.75) is 13.0 Å². The lowest BCUT2D eigenvalue weighted by Crippen LogP contribution is -2.33. The molecule has 2 N–H and O–H groups in total. The highest BCUT2D eigenvalue weighted by Gasteiger charge is 2.19. The van der Waals surface area contributed by atoms with Gasteiger partial charge in [0.05, 0.1) is 6.61 Å². The molecule has 1 saturated heterocycles. The second-order valence-corrected chi connectivity index (χ2v) is 2.84. The Morgan fingerprint density at radius 3 is 3.08 bits per heavy atom. The zero-order chi connectivity index (χ0) is 8.39. The third-order valence-electron chi connectivity index (χ3n) is 1.83. The van der Waals surface area contributed by atoms with Crippen LogP contribution in [0.25, 0.3) is 0 Å². The summed E-state index contributed by atoms with van der Waals surface area (Å²) in [7, 11) is 0. The van der Waals surface area contributed by atoms with Gasteiger partial charge in [-0.1, -0.05) is 0 Å².